The van der Waals surface area contributed by atoms with Crippen molar-refractivity contribution in [3.63, 3.8) is 0 Å². The van der Waals surface area contributed by atoms with E-state index in [0.29, 0.717) is 5.92 Å². The van der Waals surface area contributed by atoms with E-state index < -0.39 is 0 Å². The van der Waals surface area contributed by atoms with Gasteiger partial charge >= 0.3 is 0 Å². The van der Waals surface area contributed by atoms with Crippen molar-refractivity contribution in [2.24, 2.45) is 5.92 Å². The highest BCUT2D eigenvalue weighted by Gasteiger charge is 2.18. The number of aromatic nitrogens is 1. The minimum Gasteiger partial charge on any atom is -0.265 e. The van der Waals surface area contributed by atoms with Crippen molar-refractivity contribution in [2.75, 3.05) is 0 Å². The van der Waals surface area contributed by atoms with E-state index in [-0.39, 0.29) is 0 Å². The molecule has 0 aromatic carbocycles. The van der Waals surface area contributed by atoms with Gasteiger partial charge < -0.3 is 0 Å². The van der Waals surface area contributed by atoms with Crippen LogP contribution in [0, 0.1) is 5.92 Å². The molecule has 0 spiro atoms. The van der Waals surface area contributed by atoms with Gasteiger partial charge in [-0.1, -0.05) is 36.5 Å². The highest BCUT2D eigenvalue weighted by molar-refractivity contribution is 5.54. The number of hydrogen-bond acceptors (Lipinski definition) is 1. The van der Waals surface area contributed by atoms with Crippen LogP contribution in [0.4, 0.5) is 0 Å². The lowest BCUT2D eigenvalue weighted by atomic mass is 9.86. The maximum atomic E-state index is 4.05. The molecule has 3 rings (SSSR count). The summed E-state index contributed by atoms with van der Waals surface area (Å²) in [5, 5.41) is 0. The van der Waals surface area contributed by atoms with Crippen LogP contribution in [0.1, 0.15) is 5.56 Å². The minimum absolute atomic E-state index is 0.511. The van der Waals surface area contributed by atoms with Crippen LogP contribution < -0.4 is 0 Å². The first-order valence-electron chi connectivity index (χ1n) is 5.59. The van der Waals surface area contributed by atoms with Gasteiger partial charge in [0.15, 0.2) is 0 Å². The molecule has 0 aliphatic heterocycles. The van der Waals surface area contributed by atoms with Gasteiger partial charge in [-0.15, -0.1) is 0 Å². The second-order valence-electron chi connectivity index (χ2n) is 4.15. The van der Waals surface area contributed by atoms with Crippen LogP contribution in [0.5, 0.6) is 0 Å². The van der Waals surface area contributed by atoms with E-state index in [9.17, 15) is 0 Å². The Bertz CT molecular complexity index is 503. The van der Waals surface area contributed by atoms with E-state index in [4.69, 9.17) is 0 Å². The number of allylic oxidation sites excluding steroid dienone is 8. The first-order chi connectivity index (χ1) is 7.93. The summed E-state index contributed by atoms with van der Waals surface area (Å²) >= 11 is 0. The van der Waals surface area contributed by atoms with Crippen LogP contribution in [0.25, 0.3) is 0 Å². The Kier molecular flexibility index (Phi) is 2.30. The number of nitrogens with zero attached hydrogens (tertiary/aromatic N) is 1. The Morgan fingerprint density at radius 2 is 1.94 bits per heavy atom. The van der Waals surface area contributed by atoms with Crippen molar-refractivity contribution in [1.82, 2.24) is 4.98 Å². The van der Waals surface area contributed by atoms with Crippen molar-refractivity contribution < 1.29 is 0 Å². The van der Waals surface area contributed by atoms with Crippen LogP contribution in [-0.2, 0) is 6.42 Å². The van der Waals surface area contributed by atoms with Crippen LogP contribution in [-0.4, -0.2) is 4.98 Å². The van der Waals surface area contributed by atoms with E-state index in [1.54, 1.807) is 0 Å². The lowest BCUT2D eigenvalue weighted by Crippen LogP contribution is -2.08. The normalized spacial score (nSPS) is 21.6. The molecule has 0 bridgehead atoms. The molecule has 78 valence electrons. The lowest BCUT2D eigenvalue weighted by Gasteiger charge is -2.18. The van der Waals surface area contributed by atoms with Gasteiger partial charge in [0, 0.05) is 18.3 Å². The van der Waals surface area contributed by atoms with Crippen LogP contribution in [0.2, 0.25) is 0 Å². The van der Waals surface area contributed by atoms with E-state index in [1.165, 1.54) is 16.7 Å². The Labute approximate surface area is 95.5 Å². The molecule has 0 fully saturated rings. The highest BCUT2D eigenvalue weighted by atomic mass is 14.6. The summed E-state index contributed by atoms with van der Waals surface area (Å²) in [7, 11) is 0. The smallest absolute Gasteiger partial charge is 0.0270 e. The summed E-state index contributed by atoms with van der Waals surface area (Å²) < 4.78 is 0. The van der Waals surface area contributed by atoms with Crippen molar-refractivity contribution in [1.29, 1.82) is 0 Å². The molecular formula is C15H13N. The van der Waals surface area contributed by atoms with Gasteiger partial charge in [0.2, 0.25) is 0 Å². The lowest BCUT2D eigenvalue weighted by molar-refractivity contribution is 0.760. The summed E-state index contributed by atoms with van der Waals surface area (Å²) in [6, 6.07) is 4.18. The van der Waals surface area contributed by atoms with E-state index in [1.807, 2.05) is 12.4 Å². The zero-order chi connectivity index (χ0) is 10.8. The zero-order valence-electron chi connectivity index (χ0n) is 9.01. The molecule has 2 aliphatic carbocycles. The van der Waals surface area contributed by atoms with E-state index >= 15 is 0 Å². The monoisotopic (exact) mass is 207 g/mol. The van der Waals surface area contributed by atoms with Crippen LogP contribution in [0.3, 0.4) is 0 Å². The van der Waals surface area contributed by atoms with Crippen LogP contribution >= 0.6 is 0 Å². The number of pyridine rings is 1. The summed E-state index contributed by atoms with van der Waals surface area (Å²) in [6.07, 6.45) is 17.9. The third-order valence-electron chi connectivity index (χ3n) is 3.11. The van der Waals surface area contributed by atoms with Gasteiger partial charge in [0.05, 0.1) is 0 Å². The molecule has 2 aliphatic rings. The van der Waals surface area contributed by atoms with Crippen molar-refractivity contribution in [2.45, 2.75) is 6.42 Å². The van der Waals surface area contributed by atoms with Gasteiger partial charge in [-0.3, -0.25) is 4.98 Å². The largest absolute Gasteiger partial charge is 0.265 e. The molecule has 1 heteroatoms. The molecule has 0 N–H and O–H groups in total. The Morgan fingerprint density at radius 1 is 1.06 bits per heavy atom. The van der Waals surface area contributed by atoms with E-state index in [2.05, 4.69) is 53.6 Å². The number of hydrogen-bond donors (Lipinski definition) is 0. The average molecular weight is 207 g/mol. The molecule has 1 aromatic heterocycles. The highest BCUT2D eigenvalue weighted by Crippen LogP contribution is 2.32. The summed E-state index contributed by atoms with van der Waals surface area (Å²) in [5.74, 6) is 0.511. The third-order valence-corrected chi connectivity index (χ3v) is 3.11. The fourth-order valence-electron chi connectivity index (χ4n) is 2.29. The second kappa shape index (κ2) is 3.93. The summed E-state index contributed by atoms with van der Waals surface area (Å²) in [6.45, 7) is 0. The molecule has 16 heavy (non-hydrogen) atoms. The molecular weight excluding hydrogens is 194 g/mol. The minimum atomic E-state index is 0.511. The first-order valence-corrected chi connectivity index (χ1v) is 5.59. The summed E-state index contributed by atoms with van der Waals surface area (Å²) in [5.41, 5.74) is 4.15. The van der Waals surface area contributed by atoms with Gasteiger partial charge in [-0.05, 0) is 35.3 Å². The van der Waals surface area contributed by atoms with Crippen molar-refractivity contribution in [3.8, 4) is 0 Å². The predicted molar refractivity (Wildman–Crippen MR) is 65.9 cm³/mol. The molecule has 1 unspecified atom stereocenters. The Balaban J connectivity index is 1.83. The fourth-order valence-corrected chi connectivity index (χ4v) is 2.29. The Hall–Kier alpha value is -1.89. The molecule has 0 saturated carbocycles. The molecule has 0 amide bonds. The number of fused-ring (bicyclic) bond motifs is 1. The van der Waals surface area contributed by atoms with Crippen LogP contribution in [0.15, 0.2) is 72.1 Å². The molecule has 0 saturated heterocycles. The van der Waals surface area contributed by atoms with Crippen molar-refractivity contribution >= 4 is 0 Å². The quantitative estimate of drug-likeness (QED) is 0.725. The van der Waals surface area contributed by atoms with Gasteiger partial charge in [-0.25, -0.2) is 0 Å². The third kappa shape index (κ3) is 1.65. The molecule has 1 aromatic rings. The maximum Gasteiger partial charge on any atom is 0.0270 e. The first kappa shape index (κ1) is 9.34. The fraction of sp³-hybridized carbons (Fsp3) is 0.133. The zero-order valence-corrected chi connectivity index (χ0v) is 9.01. The molecule has 0 radical (unpaired) electrons. The second-order valence-corrected chi connectivity index (χ2v) is 4.15. The van der Waals surface area contributed by atoms with E-state index in [0.717, 1.165) is 6.42 Å². The average Bonchev–Trinajstić information content (AvgIpc) is 2.80. The van der Waals surface area contributed by atoms with Gasteiger partial charge in [-0.2, -0.15) is 0 Å². The number of rotatable bonds is 2. The van der Waals surface area contributed by atoms with Crippen molar-refractivity contribution in [3.05, 3.63) is 77.7 Å². The predicted octanol–water partition coefficient (Wildman–Crippen LogP) is 3.23. The molecule has 1 heterocycles. The Morgan fingerprint density at radius 3 is 2.81 bits per heavy atom. The molecule has 1 atom stereocenters. The maximum absolute atomic E-state index is 4.05. The van der Waals surface area contributed by atoms with Gasteiger partial charge in [0.25, 0.3) is 0 Å². The SMILES string of the molecule is C1=CC2=CC=CC(Cc3ccncc3)C2=C1. The standard InChI is InChI=1S/C15H13N/c1-3-13-4-2-6-15(13)14(5-1)11-12-7-9-16-10-8-12/h1-10,14H,11H2. The summed E-state index contributed by atoms with van der Waals surface area (Å²) in [4.78, 5) is 4.05. The topological polar surface area (TPSA) is 12.9 Å². The molecule has 1 nitrogen and oxygen atoms in total. The van der Waals surface area contributed by atoms with Gasteiger partial charge in [0.1, 0.15) is 0 Å².